The average molecular weight is 340 g/mol. The molecule has 1 aromatic heterocycles. The van der Waals surface area contributed by atoms with Crippen LogP contribution in [0.15, 0.2) is 30.5 Å². The lowest BCUT2D eigenvalue weighted by Crippen LogP contribution is -2.32. The number of anilines is 1. The molecule has 0 fully saturated rings. The average Bonchev–Trinajstić information content (AvgIpc) is 3.12. The van der Waals surface area contributed by atoms with E-state index >= 15 is 0 Å². The monoisotopic (exact) mass is 340 g/mol. The molecular weight excluding hydrogens is 329 g/mol. The number of nitrogens with zero attached hydrogens (tertiary/aromatic N) is 4. The summed E-state index contributed by atoms with van der Waals surface area (Å²) in [5.74, 6) is -0.480. The molecule has 0 spiro atoms. The maximum absolute atomic E-state index is 12.5. The lowest BCUT2D eigenvalue weighted by molar-refractivity contribution is -0.384. The molecule has 126 valence electrons. The van der Waals surface area contributed by atoms with E-state index in [1.165, 1.54) is 17.0 Å². The molecule has 0 N–H and O–H groups in total. The standard InChI is InChI=1S/C14H11F3N4O3/c15-14(16,17)12-4-5-19(18-12)8-13(22)20-6-3-9-1-2-10(21(23)24)7-11(9)20/h1-2,4-5,7H,3,6,8H2. The number of non-ortho nitro benzene ring substituents is 1. The first-order valence-electron chi connectivity index (χ1n) is 6.94. The number of hydrogen-bond acceptors (Lipinski definition) is 4. The second-order valence-corrected chi connectivity index (χ2v) is 5.26. The molecule has 0 aliphatic carbocycles. The van der Waals surface area contributed by atoms with Gasteiger partial charge in [0.15, 0.2) is 5.69 Å². The SMILES string of the molecule is O=C(Cn1ccc(C(F)(F)F)n1)N1CCc2ccc([N+](=O)[O-])cc21. The summed E-state index contributed by atoms with van der Waals surface area (Å²) in [6.45, 7) is -0.0546. The molecule has 10 heteroatoms. The number of hydrogen-bond donors (Lipinski definition) is 0. The number of fused-ring (bicyclic) bond motifs is 1. The molecule has 2 heterocycles. The maximum Gasteiger partial charge on any atom is 0.435 e. The van der Waals surface area contributed by atoms with Gasteiger partial charge < -0.3 is 4.90 Å². The first kappa shape index (κ1) is 16.0. The van der Waals surface area contributed by atoms with Gasteiger partial charge in [-0.05, 0) is 18.1 Å². The third-order valence-electron chi connectivity index (χ3n) is 3.70. The van der Waals surface area contributed by atoms with Crippen LogP contribution < -0.4 is 4.90 Å². The maximum atomic E-state index is 12.5. The van der Waals surface area contributed by atoms with Crippen molar-refractivity contribution >= 4 is 17.3 Å². The van der Waals surface area contributed by atoms with Crippen molar-refractivity contribution in [3.8, 4) is 0 Å². The van der Waals surface area contributed by atoms with E-state index < -0.39 is 22.7 Å². The zero-order valence-corrected chi connectivity index (χ0v) is 12.2. The van der Waals surface area contributed by atoms with E-state index in [-0.39, 0.29) is 12.2 Å². The van der Waals surface area contributed by atoms with Gasteiger partial charge in [-0.1, -0.05) is 6.07 Å². The number of amides is 1. The molecular formula is C14H11F3N4O3. The fourth-order valence-corrected chi connectivity index (χ4v) is 2.57. The Morgan fingerprint density at radius 2 is 2.08 bits per heavy atom. The van der Waals surface area contributed by atoms with E-state index in [0.717, 1.165) is 22.5 Å². The highest BCUT2D eigenvalue weighted by Gasteiger charge is 2.34. The minimum Gasteiger partial charge on any atom is -0.310 e. The van der Waals surface area contributed by atoms with Crippen molar-refractivity contribution in [2.75, 3.05) is 11.4 Å². The number of benzene rings is 1. The zero-order valence-electron chi connectivity index (χ0n) is 12.2. The van der Waals surface area contributed by atoms with Crippen molar-refractivity contribution in [1.29, 1.82) is 0 Å². The summed E-state index contributed by atoms with van der Waals surface area (Å²) in [5.41, 5.74) is -0.0255. The van der Waals surface area contributed by atoms with Gasteiger partial charge in [-0.3, -0.25) is 19.6 Å². The van der Waals surface area contributed by atoms with Crippen molar-refractivity contribution in [3.63, 3.8) is 0 Å². The number of nitro benzene ring substituents is 1. The predicted octanol–water partition coefficient (Wildman–Crippen LogP) is 2.40. The molecule has 0 atom stereocenters. The van der Waals surface area contributed by atoms with Crippen molar-refractivity contribution < 1.29 is 22.9 Å². The van der Waals surface area contributed by atoms with E-state index in [4.69, 9.17) is 0 Å². The Bertz CT molecular complexity index is 816. The normalized spacial score (nSPS) is 13.9. The summed E-state index contributed by atoms with van der Waals surface area (Å²) in [5, 5.41) is 14.2. The number of rotatable bonds is 3. The van der Waals surface area contributed by atoms with E-state index in [0.29, 0.717) is 18.7 Å². The summed E-state index contributed by atoms with van der Waals surface area (Å²) in [6, 6.07) is 5.02. The molecule has 1 aliphatic heterocycles. The van der Waals surface area contributed by atoms with Crippen LogP contribution in [-0.4, -0.2) is 27.2 Å². The number of carbonyl (C=O) groups is 1. The summed E-state index contributed by atoms with van der Waals surface area (Å²) in [6.07, 6.45) is -2.97. The smallest absolute Gasteiger partial charge is 0.310 e. The quantitative estimate of drug-likeness (QED) is 0.635. The van der Waals surface area contributed by atoms with Gasteiger partial charge in [-0.2, -0.15) is 18.3 Å². The second kappa shape index (κ2) is 5.62. The van der Waals surface area contributed by atoms with E-state index in [1.54, 1.807) is 6.07 Å². The molecule has 1 amide bonds. The largest absolute Gasteiger partial charge is 0.435 e. The molecule has 1 aliphatic rings. The Hall–Kier alpha value is -2.91. The molecule has 7 nitrogen and oxygen atoms in total. The van der Waals surface area contributed by atoms with Crippen molar-refractivity contribution in [1.82, 2.24) is 9.78 Å². The van der Waals surface area contributed by atoms with Gasteiger partial charge in [0.2, 0.25) is 5.91 Å². The predicted molar refractivity (Wildman–Crippen MR) is 76.4 cm³/mol. The van der Waals surface area contributed by atoms with Crippen LogP contribution in [0.25, 0.3) is 0 Å². The number of aromatic nitrogens is 2. The fraction of sp³-hybridized carbons (Fsp3) is 0.286. The van der Waals surface area contributed by atoms with Gasteiger partial charge in [0.25, 0.3) is 5.69 Å². The first-order valence-corrected chi connectivity index (χ1v) is 6.94. The Morgan fingerprint density at radius 1 is 1.33 bits per heavy atom. The van der Waals surface area contributed by atoms with Crippen LogP contribution in [0.2, 0.25) is 0 Å². The van der Waals surface area contributed by atoms with Crippen molar-refractivity contribution in [2.24, 2.45) is 0 Å². The minimum atomic E-state index is -4.57. The van der Waals surface area contributed by atoms with Gasteiger partial charge in [0, 0.05) is 24.9 Å². The first-order chi connectivity index (χ1) is 11.3. The lowest BCUT2D eigenvalue weighted by atomic mass is 10.1. The highest BCUT2D eigenvalue weighted by Crippen LogP contribution is 2.32. The van der Waals surface area contributed by atoms with Crippen molar-refractivity contribution in [2.45, 2.75) is 19.1 Å². The van der Waals surface area contributed by atoms with Crippen LogP contribution in [-0.2, 0) is 23.9 Å². The highest BCUT2D eigenvalue weighted by molar-refractivity contribution is 5.95. The van der Waals surface area contributed by atoms with Gasteiger partial charge >= 0.3 is 6.18 Å². The highest BCUT2D eigenvalue weighted by atomic mass is 19.4. The molecule has 0 unspecified atom stereocenters. The minimum absolute atomic E-state index is 0.146. The summed E-state index contributed by atoms with van der Waals surface area (Å²) < 4.78 is 38.5. The van der Waals surface area contributed by atoms with Gasteiger partial charge in [-0.25, -0.2) is 0 Å². The zero-order chi connectivity index (χ0) is 17.5. The molecule has 3 rings (SSSR count). The van der Waals surface area contributed by atoms with E-state index in [2.05, 4.69) is 5.10 Å². The Morgan fingerprint density at radius 3 is 2.71 bits per heavy atom. The van der Waals surface area contributed by atoms with Crippen LogP contribution in [0, 0.1) is 10.1 Å². The van der Waals surface area contributed by atoms with Crippen molar-refractivity contribution in [3.05, 3.63) is 51.8 Å². The fourth-order valence-electron chi connectivity index (χ4n) is 2.57. The summed E-state index contributed by atoms with van der Waals surface area (Å²) in [7, 11) is 0. The van der Waals surface area contributed by atoms with Crippen LogP contribution in [0.3, 0.4) is 0 Å². The Labute approximate surface area is 133 Å². The van der Waals surface area contributed by atoms with Crippen LogP contribution in [0.1, 0.15) is 11.3 Å². The molecule has 0 saturated carbocycles. The molecule has 2 aromatic rings. The molecule has 0 bridgehead atoms. The Kier molecular flexibility index (Phi) is 3.74. The van der Waals surface area contributed by atoms with Gasteiger partial charge in [0.05, 0.1) is 10.6 Å². The number of nitro groups is 1. The number of alkyl halides is 3. The third-order valence-corrected chi connectivity index (χ3v) is 3.70. The summed E-state index contributed by atoms with van der Waals surface area (Å²) in [4.78, 5) is 23.9. The van der Waals surface area contributed by atoms with E-state index in [9.17, 15) is 28.1 Å². The number of halogens is 3. The third kappa shape index (κ3) is 2.94. The Balaban J connectivity index is 1.79. The van der Waals surface area contributed by atoms with Gasteiger partial charge in [-0.15, -0.1) is 0 Å². The molecule has 0 saturated heterocycles. The molecule has 24 heavy (non-hydrogen) atoms. The second-order valence-electron chi connectivity index (χ2n) is 5.26. The van der Waals surface area contributed by atoms with Crippen LogP contribution in [0.4, 0.5) is 24.5 Å². The van der Waals surface area contributed by atoms with E-state index in [1.807, 2.05) is 0 Å². The lowest BCUT2D eigenvalue weighted by Gasteiger charge is -2.17. The van der Waals surface area contributed by atoms with Crippen LogP contribution in [0.5, 0.6) is 0 Å². The van der Waals surface area contributed by atoms with Crippen LogP contribution >= 0.6 is 0 Å². The summed E-state index contributed by atoms with van der Waals surface area (Å²) >= 11 is 0. The molecule has 0 radical (unpaired) electrons. The van der Waals surface area contributed by atoms with Gasteiger partial charge in [0.1, 0.15) is 6.54 Å². The topological polar surface area (TPSA) is 81.3 Å². The number of carbonyl (C=O) groups excluding carboxylic acids is 1. The molecule has 1 aromatic carbocycles.